The Kier molecular flexibility index (Phi) is 5.10. The fourth-order valence-electron chi connectivity index (χ4n) is 1.31. The van der Waals surface area contributed by atoms with Gasteiger partial charge in [-0.15, -0.1) is 0 Å². The van der Waals surface area contributed by atoms with Gasteiger partial charge in [0.15, 0.2) is 0 Å². The van der Waals surface area contributed by atoms with Crippen LogP contribution in [0, 0.1) is 11.8 Å². The molecule has 0 N–H and O–H groups in total. The number of rotatable bonds is 3. The first-order valence-electron chi connectivity index (χ1n) is 5.60. The van der Waals surface area contributed by atoms with Gasteiger partial charge in [-0.05, 0) is 31.9 Å². The summed E-state index contributed by atoms with van der Waals surface area (Å²) in [5.41, 5.74) is 3.33. The molecule has 0 aromatic heterocycles. The molecule has 0 aromatic rings. The van der Waals surface area contributed by atoms with Gasteiger partial charge in [-0.25, -0.2) is 0 Å². The minimum absolute atomic E-state index is 0.600. The minimum atomic E-state index is 0.600. The average molecular weight is 226 g/mol. The van der Waals surface area contributed by atoms with Crippen LogP contribution in [0.4, 0.5) is 0 Å². The third-order valence-corrected chi connectivity index (χ3v) is 2.47. The topological polar surface area (TPSA) is 9.23 Å². The van der Waals surface area contributed by atoms with E-state index in [1.807, 2.05) is 6.08 Å². The van der Waals surface area contributed by atoms with Gasteiger partial charge >= 0.3 is 0 Å². The zero-order valence-electron chi connectivity index (χ0n) is 10.5. The Bertz CT molecular complexity index is 461. The third kappa shape index (κ3) is 5.08. The van der Waals surface area contributed by atoms with Crippen molar-refractivity contribution in [2.45, 2.75) is 19.8 Å². The van der Waals surface area contributed by atoms with E-state index >= 15 is 0 Å². The van der Waals surface area contributed by atoms with Crippen LogP contribution in [0.15, 0.2) is 59.9 Å². The highest BCUT2D eigenvalue weighted by Crippen LogP contribution is 2.16. The van der Waals surface area contributed by atoms with Crippen molar-refractivity contribution in [3.05, 3.63) is 59.9 Å². The molecule has 1 rings (SSSR count). The van der Waals surface area contributed by atoms with E-state index in [1.54, 1.807) is 13.2 Å². The first-order chi connectivity index (χ1) is 8.11. The molecular weight excluding hydrogens is 208 g/mol. The predicted octanol–water partition coefficient (Wildman–Crippen LogP) is 3.93. The van der Waals surface area contributed by atoms with Crippen molar-refractivity contribution in [1.82, 2.24) is 0 Å². The van der Waals surface area contributed by atoms with Gasteiger partial charge < -0.3 is 4.74 Å². The number of methoxy groups -OCH3 is 1. The molecule has 17 heavy (non-hydrogen) atoms. The maximum atomic E-state index is 4.92. The van der Waals surface area contributed by atoms with Gasteiger partial charge in [0.1, 0.15) is 5.76 Å². The first-order valence-corrected chi connectivity index (χ1v) is 5.60. The van der Waals surface area contributed by atoms with Gasteiger partial charge in [0.25, 0.3) is 0 Å². The van der Waals surface area contributed by atoms with Crippen molar-refractivity contribution in [3.8, 4) is 11.8 Å². The van der Waals surface area contributed by atoms with Crippen LogP contribution in [-0.4, -0.2) is 7.11 Å². The number of hydrogen-bond acceptors (Lipinski definition) is 1. The SMILES string of the molecule is C=C(C#CC1=CC=C(C)CC1)/C=C\C(=C)OC. The summed E-state index contributed by atoms with van der Waals surface area (Å²) in [6.07, 6.45) is 9.90. The minimum Gasteiger partial charge on any atom is -0.497 e. The fraction of sp³-hybridized carbons (Fsp3) is 0.250. The Morgan fingerprint density at radius 2 is 2.06 bits per heavy atom. The summed E-state index contributed by atoms with van der Waals surface area (Å²) in [5.74, 6) is 6.75. The monoisotopic (exact) mass is 226 g/mol. The van der Waals surface area contributed by atoms with Crippen LogP contribution in [0.25, 0.3) is 0 Å². The first kappa shape index (κ1) is 13.1. The van der Waals surface area contributed by atoms with Gasteiger partial charge in [0, 0.05) is 11.1 Å². The molecule has 88 valence electrons. The Labute approximate surface area is 104 Å². The largest absolute Gasteiger partial charge is 0.497 e. The van der Waals surface area contributed by atoms with E-state index in [2.05, 4.69) is 44.1 Å². The molecule has 0 fully saturated rings. The van der Waals surface area contributed by atoms with E-state index in [-0.39, 0.29) is 0 Å². The summed E-state index contributed by atoms with van der Waals surface area (Å²) < 4.78 is 4.92. The van der Waals surface area contributed by atoms with Gasteiger partial charge in [-0.1, -0.05) is 42.7 Å². The molecule has 0 spiro atoms. The highest BCUT2D eigenvalue weighted by atomic mass is 16.5. The van der Waals surface area contributed by atoms with Gasteiger partial charge in [-0.2, -0.15) is 0 Å². The summed E-state index contributed by atoms with van der Waals surface area (Å²) >= 11 is 0. The maximum absolute atomic E-state index is 4.92. The van der Waals surface area contributed by atoms with Crippen molar-refractivity contribution in [2.24, 2.45) is 0 Å². The molecule has 1 aliphatic rings. The second-order valence-electron chi connectivity index (χ2n) is 3.98. The molecule has 0 saturated heterocycles. The lowest BCUT2D eigenvalue weighted by molar-refractivity contribution is 0.309. The highest BCUT2D eigenvalue weighted by molar-refractivity contribution is 5.44. The molecule has 0 amide bonds. The predicted molar refractivity (Wildman–Crippen MR) is 73.3 cm³/mol. The van der Waals surface area contributed by atoms with Crippen molar-refractivity contribution >= 4 is 0 Å². The molecule has 1 aliphatic carbocycles. The summed E-state index contributed by atoms with van der Waals surface area (Å²) in [6.45, 7) is 9.68. The molecule has 0 unspecified atom stereocenters. The summed E-state index contributed by atoms with van der Waals surface area (Å²) in [6, 6.07) is 0. The van der Waals surface area contributed by atoms with Crippen molar-refractivity contribution in [3.63, 3.8) is 0 Å². The van der Waals surface area contributed by atoms with Gasteiger partial charge in [0.05, 0.1) is 7.11 Å². The molecule has 1 heteroatoms. The summed E-state index contributed by atoms with van der Waals surface area (Å²) in [4.78, 5) is 0. The Hall–Kier alpha value is -1.94. The Balaban J connectivity index is 2.58. The molecular formula is C16H18O. The second kappa shape index (κ2) is 6.60. The van der Waals surface area contributed by atoms with Crippen LogP contribution in [0.3, 0.4) is 0 Å². The van der Waals surface area contributed by atoms with E-state index in [9.17, 15) is 0 Å². The van der Waals surface area contributed by atoms with Crippen LogP contribution in [0.2, 0.25) is 0 Å². The lowest BCUT2D eigenvalue weighted by atomic mass is 10.00. The zero-order valence-corrected chi connectivity index (χ0v) is 10.5. The average Bonchev–Trinajstić information content (AvgIpc) is 2.35. The van der Waals surface area contributed by atoms with Crippen LogP contribution >= 0.6 is 0 Å². The van der Waals surface area contributed by atoms with Gasteiger partial charge in [-0.3, -0.25) is 0 Å². The van der Waals surface area contributed by atoms with E-state index in [4.69, 9.17) is 4.74 Å². The summed E-state index contributed by atoms with van der Waals surface area (Å²) in [7, 11) is 1.59. The molecule has 0 aromatic carbocycles. The van der Waals surface area contributed by atoms with E-state index in [0.717, 1.165) is 24.0 Å². The van der Waals surface area contributed by atoms with Gasteiger partial charge in [0.2, 0.25) is 0 Å². The van der Waals surface area contributed by atoms with E-state index < -0.39 is 0 Å². The van der Waals surface area contributed by atoms with E-state index in [0.29, 0.717) is 5.76 Å². The van der Waals surface area contributed by atoms with Crippen molar-refractivity contribution in [2.75, 3.05) is 7.11 Å². The number of ether oxygens (including phenoxy) is 1. The molecule has 0 atom stereocenters. The standard InChI is InChI=1S/C16H18O/c1-13(5-9-15(3)17-4)6-10-16-11-7-14(2)8-12-16/h5,7,9,11H,1,3,8,12H2,2,4H3/b9-5-. The van der Waals surface area contributed by atoms with Crippen LogP contribution < -0.4 is 0 Å². The van der Waals surface area contributed by atoms with Crippen LogP contribution in [0.5, 0.6) is 0 Å². The highest BCUT2D eigenvalue weighted by Gasteiger charge is 1.99. The molecule has 0 saturated carbocycles. The molecule has 0 heterocycles. The molecule has 0 aliphatic heterocycles. The molecule has 0 bridgehead atoms. The zero-order chi connectivity index (χ0) is 12.7. The number of hydrogen-bond donors (Lipinski definition) is 0. The van der Waals surface area contributed by atoms with Crippen molar-refractivity contribution in [1.29, 1.82) is 0 Å². The Morgan fingerprint density at radius 3 is 2.65 bits per heavy atom. The Morgan fingerprint density at radius 1 is 1.29 bits per heavy atom. The lowest BCUT2D eigenvalue weighted by Crippen LogP contribution is -1.88. The van der Waals surface area contributed by atoms with Crippen LogP contribution in [0.1, 0.15) is 19.8 Å². The second-order valence-corrected chi connectivity index (χ2v) is 3.98. The third-order valence-electron chi connectivity index (χ3n) is 2.47. The molecule has 0 radical (unpaired) electrons. The van der Waals surface area contributed by atoms with Crippen molar-refractivity contribution < 1.29 is 4.74 Å². The smallest absolute Gasteiger partial charge is 0.111 e. The summed E-state index contributed by atoms with van der Waals surface area (Å²) in [5, 5.41) is 0. The van der Waals surface area contributed by atoms with E-state index in [1.165, 1.54) is 5.57 Å². The number of allylic oxidation sites excluding steroid dienone is 7. The lowest BCUT2D eigenvalue weighted by Gasteiger charge is -2.05. The quantitative estimate of drug-likeness (QED) is 0.402. The van der Waals surface area contributed by atoms with Crippen LogP contribution in [-0.2, 0) is 4.74 Å². The maximum Gasteiger partial charge on any atom is 0.111 e. The molecule has 1 nitrogen and oxygen atoms in total. The fourth-order valence-corrected chi connectivity index (χ4v) is 1.31. The normalized spacial score (nSPS) is 14.5.